The van der Waals surface area contributed by atoms with Gasteiger partial charge in [0.05, 0.1) is 6.42 Å². The van der Waals surface area contributed by atoms with E-state index >= 15 is 0 Å². The molecule has 0 aromatic heterocycles. The van der Waals surface area contributed by atoms with Crippen molar-refractivity contribution in [2.24, 2.45) is 0 Å². The summed E-state index contributed by atoms with van der Waals surface area (Å²) in [6.07, 6.45) is -0.000439. The van der Waals surface area contributed by atoms with Gasteiger partial charge in [-0.2, -0.15) is 0 Å². The molecule has 0 fully saturated rings. The van der Waals surface area contributed by atoms with Gasteiger partial charge in [-0.1, -0.05) is 24.3 Å². The Morgan fingerprint density at radius 1 is 1.00 bits per heavy atom. The number of benzene rings is 2. The Balaban J connectivity index is 1.71. The van der Waals surface area contributed by atoms with E-state index in [9.17, 15) is 14.0 Å². The molecule has 1 amide bonds. The van der Waals surface area contributed by atoms with E-state index in [-0.39, 0.29) is 24.8 Å². The highest BCUT2D eigenvalue weighted by atomic mass is 19.1. The highest BCUT2D eigenvalue weighted by molar-refractivity contribution is 5.81. The highest BCUT2D eigenvalue weighted by Crippen LogP contribution is 2.12. The van der Waals surface area contributed by atoms with Crippen LogP contribution in [0.1, 0.15) is 11.1 Å². The molecule has 0 radical (unpaired) electrons. The zero-order chi connectivity index (χ0) is 18.2. The zero-order valence-electron chi connectivity index (χ0n) is 14.3. The van der Waals surface area contributed by atoms with E-state index in [1.165, 1.54) is 24.3 Å². The average molecular weight is 344 g/mol. The third-order valence-electron chi connectivity index (χ3n) is 3.57. The fraction of sp³-hybridized carbons (Fsp3) is 0.263. The lowest BCUT2D eigenvalue weighted by atomic mass is 10.1. The number of amides is 1. The summed E-state index contributed by atoms with van der Waals surface area (Å²) in [6, 6.07) is 13.3. The molecule has 0 bridgehead atoms. The third-order valence-corrected chi connectivity index (χ3v) is 3.57. The largest absolute Gasteiger partial charge is 0.455 e. The average Bonchev–Trinajstić information content (AvgIpc) is 2.60. The van der Waals surface area contributed by atoms with Crippen molar-refractivity contribution in [3.63, 3.8) is 0 Å². The van der Waals surface area contributed by atoms with Crippen LogP contribution in [-0.2, 0) is 27.3 Å². The molecule has 0 aliphatic heterocycles. The van der Waals surface area contributed by atoms with Crippen molar-refractivity contribution in [2.75, 3.05) is 25.6 Å². The topological polar surface area (TPSA) is 58.6 Å². The molecule has 5 nitrogen and oxygen atoms in total. The summed E-state index contributed by atoms with van der Waals surface area (Å²) < 4.78 is 17.7. The first-order valence-electron chi connectivity index (χ1n) is 7.87. The molecule has 0 spiro atoms. The number of hydrogen-bond donors (Lipinski definition) is 1. The second-order valence-electron chi connectivity index (χ2n) is 5.80. The van der Waals surface area contributed by atoms with Crippen LogP contribution >= 0.6 is 0 Å². The van der Waals surface area contributed by atoms with Gasteiger partial charge in [0.15, 0.2) is 6.61 Å². The molecule has 0 unspecified atom stereocenters. The molecule has 0 atom stereocenters. The van der Waals surface area contributed by atoms with Crippen molar-refractivity contribution in [1.82, 2.24) is 5.32 Å². The summed E-state index contributed by atoms with van der Waals surface area (Å²) in [5.74, 6) is -1.27. The fourth-order valence-electron chi connectivity index (χ4n) is 2.13. The van der Waals surface area contributed by atoms with Crippen molar-refractivity contribution < 1.29 is 18.7 Å². The number of carbonyl (C=O) groups is 2. The van der Waals surface area contributed by atoms with Crippen molar-refractivity contribution in [1.29, 1.82) is 0 Å². The first-order valence-corrected chi connectivity index (χ1v) is 7.87. The molecule has 2 rings (SSSR count). The van der Waals surface area contributed by atoms with Crippen molar-refractivity contribution >= 4 is 17.6 Å². The van der Waals surface area contributed by atoms with Crippen LogP contribution in [0, 0.1) is 5.82 Å². The number of ether oxygens (including phenoxy) is 1. The van der Waals surface area contributed by atoms with Gasteiger partial charge < -0.3 is 15.0 Å². The van der Waals surface area contributed by atoms with Crippen LogP contribution in [0.5, 0.6) is 0 Å². The van der Waals surface area contributed by atoms with Crippen LogP contribution in [-0.4, -0.2) is 32.6 Å². The molecular weight excluding hydrogens is 323 g/mol. The Morgan fingerprint density at radius 2 is 1.60 bits per heavy atom. The Labute approximate surface area is 146 Å². The molecule has 132 valence electrons. The molecule has 0 aliphatic carbocycles. The van der Waals surface area contributed by atoms with Gasteiger partial charge in [-0.3, -0.25) is 9.59 Å². The highest BCUT2D eigenvalue weighted by Gasteiger charge is 2.09. The summed E-state index contributed by atoms with van der Waals surface area (Å²) in [5, 5.41) is 2.69. The Hall–Kier alpha value is -2.89. The number of halogens is 1. The van der Waals surface area contributed by atoms with Gasteiger partial charge in [0, 0.05) is 26.3 Å². The molecule has 0 saturated heterocycles. The minimum atomic E-state index is -0.530. The summed E-state index contributed by atoms with van der Waals surface area (Å²) in [5.41, 5.74) is 2.66. The van der Waals surface area contributed by atoms with Crippen LogP contribution in [0.25, 0.3) is 0 Å². The van der Waals surface area contributed by atoms with E-state index in [2.05, 4.69) is 5.32 Å². The number of hydrogen-bond acceptors (Lipinski definition) is 4. The standard InChI is InChI=1S/C19H21FN2O3/c1-22(2)17-9-5-15(6-10-17)12-21-18(23)13-25-19(24)11-14-3-7-16(20)8-4-14/h3-10H,11-13H2,1-2H3,(H,21,23). The number of rotatable bonds is 7. The van der Waals surface area contributed by atoms with E-state index in [0.717, 1.165) is 11.3 Å². The Bertz CT molecular complexity index is 712. The van der Waals surface area contributed by atoms with Gasteiger partial charge in [0.25, 0.3) is 5.91 Å². The van der Waals surface area contributed by atoms with Gasteiger partial charge in [0.1, 0.15) is 5.82 Å². The Morgan fingerprint density at radius 3 is 2.20 bits per heavy atom. The predicted octanol–water partition coefficient (Wildman–Crippen LogP) is 2.29. The zero-order valence-corrected chi connectivity index (χ0v) is 14.3. The maximum atomic E-state index is 12.8. The maximum absolute atomic E-state index is 12.8. The minimum absolute atomic E-state index is 0.000439. The van der Waals surface area contributed by atoms with Crippen LogP contribution in [0.4, 0.5) is 10.1 Å². The summed E-state index contributed by atoms with van der Waals surface area (Å²) >= 11 is 0. The Kier molecular flexibility index (Phi) is 6.51. The van der Waals surface area contributed by atoms with E-state index < -0.39 is 5.97 Å². The molecule has 25 heavy (non-hydrogen) atoms. The lowest BCUT2D eigenvalue weighted by Crippen LogP contribution is -2.28. The first kappa shape index (κ1) is 18.4. The van der Waals surface area contributed by atoms with Crippen molar-refractivity contribution in [2.45, 2.75) is 13.0 Å². The number of carbonyl (C=O) groups excluding carboxylic acids is 2. The van der Waals surface area contributed by atoms with Gasteiger partial charge in [-0.05, 0) is 35.4 Å². The number of anilines is 1. The smallest absolute Gasteiger partial charge is 0.310 e. The summed E-state index contributed by atoms with van der Waals surface area (Å²) in [4.78, 5) is 25.4. The summed E-state index contributed by atoms with van der Waals surface area (Å²) in [6.45, 7) is 0.0257. The predicted molar refractivity (Wildman–Crippen MR) is 93.7 cm³/mol. The monoisotopic (exact) mass is 344 g/mol. The molecule has 1 N–H and O–H groups in total. The van der Waals surface area contributed by atoms with Gasteiger partial charge in [-0.25, -0.2) is 4.39 Å². The van der Waals surface area contributed by atoms with Crippen molar-refractivity contribution in [3.05, 3.63) is 65.5 Å². The molecule has 0 heterocycles. The van der Waals surface area contributed by atoms with Crippen LogP contribution in [0.15, 0.2) is 48.5 Å². The van der Waals surface area contributed by atoms with Crippen LogP contribution in [0.2, 0.25) is 0 Å². The number of nitrogens with zero attached hydrogens (tertiary/aromatic N) is 1. The third kappa shape index (κ3) is 6.25. The van der Waals surface area contributed by atoms with Gasteiger partial charge in [-0.15, -0.1) is 0 Å². The SMILES string of the molecule is CN(C)c1ccc(CNC(=O)COC(=O)Cc2ccc(F)cc2)cc1. The van der Waals surface area contributed by atoms with Crippen LogP contribution < -0.4 is 10.2 Å². The second-order valence-corrected chi connectivity index (χ2v) is 5.80. The molecule has 2 aromatic rings. The minimum Gasteiger partial charge on any atom is -0.455 e. The molecular formula is C19H21FN2O3. The van der Waals surface area contributed by atoms with E-state index in [0.29, 0.717) is 12.1 Å². The molecule has 2 aromatic carbocycles. The van der Waals surface area contributed by atoms with E-state index in [4.69, 9.17) is 4.74 Å². The van der Waals surface area contributed by atoms with Gasteiger partial charge >= 0.3 is 5.97 Å². The normalized spacial score (nSPS) is 10.2. The van der Waals surface area contributed by atoms with E-state index in [1.807, 2.05) is 43.3 Å². The van der Waals surface area contributed by atoms with Crippen molar-refractivity contribution in [3.8, 4) is 0 Å². The second kappa shape index (κ2) is 8.82. The lowest BCUT2D eigenvalue weighted by molar-refractivity contribution is -0.147. The number of nitrogens with one attached hydrogen (secondary N) is 1. The van der Waals surface area contributed by atoms with Crippen LogP contribution in [0.3, 0.4) is 0 Å². The number of esters is 1. The lowest BCUT2D eigenvalue weighted by Gasteiger charge is -2.13. The van der Waals surface area contributed by atoms with E-state index in [1.54, 1.807) is 0 Å². The summed E-state index contributed by atoms with van der Waals surface area (Å²) in [7, 11) is 3.91. The molecule has 0 aliphatic rings. The molecule has 6 heteroatoms. The molecule has 0 saturated carbocycles. The maximum Gasteiger partial charge on any atom is 0.310 e. The quantitative estimate of drug-likeness (QED) is 0.783. The van der Waals surface area contributed by atoms with Gasteiger partial charge in [0.2, 0.25) is 0 Å². The fourth-order valence-corrected chi connectivity index (χ4v) is 2.13. The first-order chi connectivity index (χ1) is 11.9.